The van der Waals surface area contributed by atoms with E-state index < -0.39 is 0 Å². The lowest BCUT2D eigenvalue weighted by Gasteiger charge is -2.28. The number of thiophene rings is 1. The summed E-state index contributed by atoms with van der Waals surface area (Å²) in [5, 5.41) is 3.76. The number of nitrogens with one attached hydrogen (secondary N) is 1. The van der Waals surface area contributed by atoms with Crippen molar-refractivity contribution in [2.24, 2.45) is 5.92 Å². The third-order valence-electron chi connectivity index (χ3n) is 5.64. The van der Waals surface area contributed by atoms with Crippen molar-refractivity contribution in [1.82, 2.24) is 4.90 Å². The quantitative estimate of drug-likeness (QED) is 0.853. The third kappa shape index (κ3) is 3.71. The number of ether oxygens (including phenoxy) is 1. The van der Waals surface area contributed by atoms with E-state index in [4.69, 9.17) is 4.74 Å². The minimum Gasteiger partial charge on any atom is -0.378 e. The van der Waals surface area contributed by atoms with Gasteiger partial charge in [-0.15, -0.1) is 11.3 Å². The van der Waals surface area contributed by atoms with Crippen molar-refractivity contribution < 1.29 is 14.3 Å². The van der Waals surface area contributed by atoms with Gasteiger partial charge in [-0.1, -0.05) is 25.1 Å². The van der Waals surface area contributed by atoms with E-state index >= 15 is 0 Å². The van der Waals surface area contributed by atoms with Crippen LogP contribution in [0.4, 0.5) is 5.00 Å². The second-order valence-corrected chi connectivity index (χ2v) is 8.83. The fourth-order valence-corrected chi connectivity index (χ4v) is 5.39. The topological polar surface area (TPSA) is 58.6 Å². The van der Waals surface area contributed by atoms with Crippen molar-refractivity contribution in [3.8, 4) is 0 Å². The summed E-state index contributed by atoms with van der Waals surface area (Å²) in [6, 6.07) is 7.53. The van der Waals surface area contributed by atoms with Gasteiger partial charge in [-0.2, -0.15) is 0 Å². The van der Waals surface area contributed by atoms with Crippen molar-refractivity contribution >= 4 is 28.2 Å². The van der Waals surface area contributed by atoms with E-state index in [9.17, 15) is 9.59 Å². The van der Waals surface area contributed by atoms with Crippen LogP contribution in [0, 0.1) is 12.8 Å². The molecule has 0 spiro atoms. The second-order valence-electron chi connectivity index (χ2n) is 7.73. The molecule has 2 amide bonds. The van der Waals surface area contributed by atoms with Gasteiger partial charge in [0.05, 0.1) is 18.8 Å². The monoisotopic (exact) mass is 398 g/mol. The molecule has 6 heteroatoms. The maximum absolute atomic E-state index is 13.3. The fraction of sp³-hybridized carbons (Fsp3) is 0.455. The molecule has 4 rings (SSSR count). The Labute approximate surface area is 169 Å². The molecule has 1 aliphatic carbocycles. The van der Waals surface area contributed by atoms with Gasteiger partial charge in [0.2, 0.25) is 0 Å². The number of aryl methyl sites for hydroxylation is 1. The molecule has 148 valence electrons. The van der Waals surface area contributed by atoms with E-state index in [-0.39, 0.29) is 11.8 Å². The van der Waals surface area contributed by atoms with E-state index in [1.807, 2.05) is 36.1 Å². The van der Waals surface area contributed by atoms with Gasteiger partial charge in [-0.25, -0.2) is 0 Å². The summed E-state index contributed by atoms with van der Waals surface area (Å²) in [6.45, 7) is 6.52. The summed E-state index contributed by atoms with van der Waals surface area (Å²) in [6.07, 6.45) is 2.96. The van der Waals surface area contributed by atoms with Crippen LogP contribution < -0.4 is 5.32 Å². The summed E-state index contributed by atoms with van der Waals surface area (Å²) in [5.41, 5.74) is 3.42. The van der Waals surface area contributed by atoms with Crippen LogP contribution in [0.1, 0.15) is 50.1 Å². The number of carbonyl (C=O) groups excluding carboxylic acids is 2. The first-order chi connectivity index (χ1) is 13.5. The largest absolute Gasteiger partial charge is 0.378 e. The van der Waals surface area contributed by atoms with Crippen LogP contribution in [0.5, 0.6) is 0 Å². The molecule has 0 saturated carbocycles. The lowest BCUT2D eigenvalue weighted by Crippen LogP contribution is -2.41. The van der Waals surface area contributed by atoms with E-state index in [0.29, 0.717) is 48.3 Å². The Kier molecular flexibility index (Phi) is 5.51. The number of anilines is 1. The van der Waals surface area contributed by atoms with E-state index in [0.717, 1.165) is 30.4 Å². The minimum absolute atomic E-state index is 0.0236. The molecule has 0 radical (unpaired) electrons. The lowest BCUT2D eigenvalue weighted by molar-refractivity contribution is 0.0303. The predicted octanol–water partition coefficient (Wildman–Crippen LogP) is 3.91. The first kappa shape index (κ1) is 19.2. The molecule has 2 aromatic rings. The van der Waals surface area contributed by atoms with E-state index in [1.54, 1.807) is 11.3 Å². The Morgan fingerprint density at radius 3 is 2.71 bits per heavy atom. The SMILES string of the molecule is Cc1ccccc1C(=O)Nc1sc2c(c1C(=O)N1CCOCC1)CC[C@H](C)C2. The molecule has 5 nitrogen and oxygen atoms in total. The maximum atomic E-state index is 13.3. The van der Waals surface area contributed by atoms with Crippen LogP contribution in [0.15, 0.2) is 24.3 Å². The Bertz CT molecular complexity index is 899. The van der Waals surface area contributed by atoms with E-state index in [1.165, 1.54) is 4.88 Å². The van der Waals surface area contributed by atoms with Crippen molar-refractivity contribution in [2.75, 3.05) is 31.6 Å². The Hall–Kier alpha value is -2.18. The van der Waals surface area contributed by atoms with Gasteiger partial charge >= 0.3 is 0 Å². The maximum Gasteiger partial charge on any atom is 0.257 e. The van der Waals surface area contributed by atoms with Gasteiger partial charge in [-0.3, -0.25) is 9.59 Å². The zero-order valence-corrected chi connectivity index (χ0v) is 17.2. The molecule has 1 saturated heterocycles. The standard InChI is InChI=1S/C22H26N2O3S/c1-14-7-8-17-18(13-14)28-21(19(17)22(26)24-9-11-27-12-10-24)23-20(25)16-6-4-3-5-15(16)2/h3-6,14H,7-13H2,1-2H3,(H,23,25)/t14-/m0/s1. The number of benzene rings is 1. The predicted molar refractivity (Wildman–Crippen MR) is 111 cm³/mol. The molecule has 1 aromatic carbocycles. The number of hydrogen-bond donors (Lipinski definition) is 1. The molecule has 1 fully saturated rings. The van der Waals surface area contributed by atoms with Crippen molar-refractivity contribution in [3.05, 3.63) is 51.4 Å². The number of fused-ring (bicyclic) bond motifs is 1. The highest BCUT2D eigenvalue weighted by Gasteiger charge is 2.31. The number of morpholine rings is 1. The number of amides is 2. The van der Waals surface area contributed by atoms with Gasteiger partial charge in [0, 0.05) is 23.5 Å². The summed E-state index contributed by atoms with van der Waals surface area (Å²) in [4.78, 5) is 29.4. The fourth-order valence-electron chi connectivity index (χ4n) is 3.99. The number of rotatable bonds is 3. The van der Waals surface area contributed by atoms with Gasteiger partial charge < -0.3 is 15.0 Å². The highest BCUT2D eigenvalue weighted by Crippen LogP contribution is 2.40. The molecule has 1 N–H and O–H groups in total. The average Bonchev–Trinajstić information content (AvgIpc) is 3.05. The molecule has 28 heavy (non-hydrogen) atoms. The van der Waals surface area contributed by atoms with Crippen molar-refractivity contribution in [3.63, 3.8) is 0 Å². The number of nitrogens with zero attached hydrogens (tertiary/aromatic N) is 1. The molecule has 1 aliphatic heterocycles. The Morgan fingerprint density at radius 2 is 1.96 bits per heavy atom. The van der Waals surface area contributed by atoms with Gasteiger partial charge in [0.15, 0.2) is 0 Å². The molecular weight excluding hydrogens is 372 g/mol. The van der Waals surface area contributed by atoms with Gasteiger partial charge in [-0.05, 0) is 49.3 Å². The van der Waals surface area contributed by atoms with Gasteiger partial charge in [0.1, 0.15) is 5.00 Å². The van der Waals surface area contributed by atoms with Crippen molar-refractivity contribution in [2.45, 2.75) is 33.1 Å². The summed E-state index contributed by atoms with van der Waals surface area (Å²) in [7, 11) is 0. The first-order valence-corrected chi connectivity index (χ1v) is 10.7. The van der Waals surface area contributed by atoms with Crippen LogP contribution in [0.2, 0.25) is 0 Å². The molecule has 0 unspecified atom stereocenters. The Morgan fingerprint density at radius 1 is 1.21 bits per heavy atom. The molecular formula is C22H26N2O3S. The van der Waals surface area contributed by atoms with Crippen LogP contribution >= 0.6 is 11.3 Å². The highest BCUT2D eigenvalue weighted by atomic mass is 32.1. The van der Waals surface area contributed by atoms with E-state index in [2.05, 4.69) is 12.2 Å². The minimum atomic E-state index is -0.152. The van der Waals surface area contributed by atoms with Crippen LogP contribution in [-0.2, 0) is 17.6 Å². The van der Waals surface area contributed by atoms with Crippen LogP contribution in [0.25, 0.3) is 0 Å². The first-order valence-electron chi connectivity index (χ1n) is 9.93. The van der Waals surface area contributed by atoms with Crippen molar-refractivity contribution in [1.29, 1.82) is 0 Å². The normalized spacial score (nSPS) is 19.2. The third-order valence-corrected chi connectivity index (χ3v) is 6.81. The second kappa shape index (κ2) is 8.05. The Balaban J connectivity index is 1.69. The van der Waals surface area contributed by atoms with Crippen LogP contribution in [-0.4, -0.2) is 43.0 Å². The van der Waals surface area contributed by atoms with Gasteiger partial charge in [0.25, 0.3) is 11.8 Å². The average molecular weight is 399 g/mol. The smallest absolute Gasteiger partial charge is 0.257 e. The highest BCUT2D eigenvalue weighted by molar-refractivity contribution is 7.17. The molecule has 2 heterocycles. The number of hydrogen-bond acceptors (Lipinski definition) is 4. The van der Waals surface area contributed by atoms with Crippen LogP contribution in [0.3, 0.4) is 0 Å². The lowest BCUT2D eigenvalue weighted by atomic mass is 9.88. The zero-order valence-electron chi connectivity index (χ0n) is 16.4. The molecule has 1 atom stereocenters. The summed E-state index contributed by atoms with van der Waals surface area (Å²) < 4.78 is 5.40. The zero-order chi connectivity index (χ0) is 19.7. The molecule has 2 aliphatic rings. The molecule has 0 bridgehead atoms. The summed E-state index contributed by atoms with van der Waals surface area (Å²) >= 11 is 1.58. The number of carbonyl (C=O) groups is 2. The molecule has 1 aromatic heterocycles. The summed E-state index contributed by atoms with van der Waals surface area (Å²) in [5.74, 6) is 0.480.